The van der Waals surface area contributed by atoms with Crippen molar-refractivity contribution in [1.82, 2.24) is 4.72 Å². The van der Waals surface area contributed by atoms with Crippen molar-refractivity contribution in [2.75, 3.05) is 18.9 Å². The van der Waals surface area contributed by atoms with Crippen molar-refractivity contribution in [3.05, 3.63) is 12.7 Å². The predicted molar refractivity (Wildman–Crippen MR) is 45.1 cm³/mol. The maximum atomic E-state index is 10.9. The molecular formula is C6H13NO4S. The Morgan fingerprint density at radius 2 is 2.17 bits per heavy atom. The van der Waals surface area contributed by atoms with Crippen LogP contribution in [-0.2, 0) is 10.0 Å². The Kier molecular flexibility index (Phi) is 5.07. The summed E-state index contributed by atoms with van der Waals surface area (Å²) in [5.41, 5.74) is 0. The predicted octanol–water partition coefficient (Wildman–Crippen LogP) is -1.55. The molecule has 0 aromatic carbocycles. The van der Waals surface area contributed by atoms with E-state index in [0.717, 1.165) is 0 Å². The Morgan fingerprint density at radius 1 is 1.58 bits per heavy atom. The van der Waals surface area contributed by atoms with Gasteiger partial charge in [-0.3, -0.25) is 0 Å². The summed E-state index contributed by atoms with van der Waals surface area (Å²) in [6.45, 7) is 2.63. The highest BCUT2D eigenvalue weighted by atomic mass is 32.2. The van der Waals surface area contributed by atoms with Gasteiger partial charge in [0.15, 0.2) is 0 Å². The standard InChI is InChI=1S/C6H13NO4S/c1-2-3-12(10,11)7-4-6(9)5-8/h2,6-9H,1,3-5H2. The van der Waals surface area contributed by atoms with Gasteiger partial charge in [-0.15, -0.1) is 6.58 Å². The lowest BCUT2D eigenvalue weighted by Gasteiger charge is -2.07. The molecule has 0 amide bonds. The van der Waals surface area contributed by atoms with E-state index in [2.05, 4.69) is 11.3 Å². The number of rotatable bonds is 6. The fourth-order valence-electron chi connectivity index (χ4n) is 0.502. The van der Waals surface area contributed by atoms with E-state index in [4.69, 9.17) is 10.2 Å². The van der Waals surface area contributed by atoms with Crippen molar-refractivity contribution >= 4 is 10.0 Å². The molecule has 0 heterocycles. The molecule has 0 bridgehead atoms. The molecule has 1 unspecified atom stereocenters. The first kappa shape index (κ1) is 11.6. The van der Waals surface area contributed by atoms with E-state index in [1.165, 1.54) is 6.08 Å². The SMILES string of the molecule is C=CCS(=O)(=O)NCC(O)CO. The highest BCUT2D eigenvalue weighted by Crippen LogP contribution is 1.85. The number of hydrogen-bond acceptors (Lipinski definition) is 4. The van der Waals surface area contributed by atoms with E-state index in [-0.39, 0.29) is 12.3 Å². The van der Waals surface area contributed by atoms with E-state index < -0.39 is 22.7 Å². The first-order valence-electron chi connectivity index (χ1n) is 3.39. The molecule has 0 aromatic rings. The minimum atomic E-state index is -3.38. The molecule has 12 heavy (non-hydrogen) atoms. The number of aliphatic hydroxyl groups excluding tert-OH is 2. The van der Waals surface area contributed by atoms with Gasteiger partial charge in [0.1, 0.15) is 0 Å². The third kappa shape index (κ3) is 5.25. The molecule has 0 aliphatic heterocycles. The second kappa shape index (κ2) is 5.26. The second-order valence-corrected chi connectivity index (χ2v) is 4.11. The summed E-state index contributed by atoms with van der Waals surface area (Å²) in [6, 6.07) is 0. The van der Waals surface area contributed by atoms with Crippen LogP contribution in [0, 0.1) is 0 Å². The van der Waals surface area contributed by atoms with Gasteiger partial charge in [0.25, 0.3) is 0 Å². The van der Waals surface area contributed by atoms with Gasteiger partial charge in [-0.2, -0.15) is 0 Å². The first-order chi connectivity index (χ1) is 5.52. The minimum Gasteiger partial charge on any atom is -0.394 e. The average molecular weight is 195 g/mol. The van der Waals surface area contributed by atoms with Gasteiger partial charge >= 0.3 is 0 Å². The van der Waals surface area contributed by atoms with Gasteiger partial charge < -0.3 is 10.2 Å². The van der Waals surface area contributed by atoms with E-state index >= 15 is 0 Å². The third-order valence-electron chi connectivity index (χ3n) is 1.09. The number of hydrogen-bond donors (Lipinski definition) is 3. The Labute approximate surface area is 71.8 Å². The van der Waals surface area contributed by atoms with Gasteiger partial charge in [-0.1, -0.05) is 6.08 Å². The van der Waals surface area contributed by atoms with Gasteiger partial charge in [0, 0.05) is 6.54 Å². The largest absolute Gasteiger partial charge is 0.394 e. The summed E-state index contributed by atoms with van der Waals surface area (Å²) in [5, 5.41) is 17.1. The molecule has 0 aliphatic carbocycles. The summed E-state index contributed by atoms with van der Waals surface area (Å²) in [7, 11) is -3.38. The second-order valence-electron chi connectivity index (χ2n) is 2.25. The Hall–Kier alpha value is -0.430. The lowest BCUT2D eigenvalue weighted by molar-refractivity contribution is 0.0988. The van der Waals surface area contributed by atoms with Crippen molar-refractivity contribution in [2.45, 2.75) is 6.10 Å². The van der Waals surface area contributed by atoms with E-state index in [9.17, 15) is 8.42 Å². The van der Waals surface area contributed by atoms with Crippen LogP contribution in [0.2, 0.25) is 0 Å². The Bertz CT molecular complexity index is 224. The average Bonchev–Trinajstić information content (AvgIpc) is 2.00. The normalized spacial score (nSPS) is 14.2. The maximum absolute atomic E-state index is 10.9. The van der Waals surface area contributed by atoms with Crippen LogP contribution >= 0.6 is 0 Å². The van der Waals surface area contributed by atoms with Crippen LogP contribution in [0.3, 0.4) is 0 Å². The molecule has 0 rings (SSSR count). The Morgan fingerprint density at radius 3 is 2.58 bits per heavy atom. The molecule has 0 aliphatic rings. The fraction of sp³-hybridized carbons (Fsp3) is 0.667. The highest BCUT2D eigenvalue weighted by molar-refractivity contribution is 7.89. The fourth-order valence-corrected chi connectivity index (χ4v) is 1.38. The number of nitrogens with one attached hydrogen (secondary N) is 1. The molecule has 0 fully saturated rings. The van der Waals surface area contributed by atoms with Crippen LogP contribution in [0.4, 0.5) is 0 Å². The van der Waals surface area contributed by atoms with Crippen LogP contribution in [0.25, 0.3) is 0 Å². The maximum Gasteiger partial charge on any atom is 0.215 e. The van der Waals surface area contributed by atoms with Crippen molar-refractivity contribution in [3.8, 4) is 0 Å². The monoisotopic (exact) mass is 195 g/mol. The summed E-state index contributed by atoms with van der Waals surface area (Å²) >= 11 is 0. The molecule has 0 saturated heterocycles. The molecule has 0 saturated carbocycles. The molecule has 0 spiro atoms. The van der Waals surface area contributed by atoms with Crippen LogP contribution in [0.1, 0.15) is 0 Å². The summed E-state index contributed by atoms with van der Waals surface area (Å²) in [4.78, 5) is 0. The van der Waals surface area contributed by atoms with Crippen LogP contribution in [-0.4, -0.2) is 43.6 Å². The lowest BCUT2D eigenvalue weighted by atomic mass is 10.4. The van der Waals surface area contributed by atoms with E-state index in [0.29, 0.717) is 0 Å². The Balaban J connectivity index is 3.84. The zero-order valence-corrected chi connectivity index (χ0v) is 7.42. The smallest absolute Gasteiger partial charge is 0.215 e. The van der Waals surface area contributed by atoms with Crippen molar-refractivity contribution < 1.29 is 18.6 Å². The van der Waals surface area contributed by atoms with Gasteiger partial charge in [0.05, 0.1) is 18.5 Å². The van der Waals surface area contributed by atoms with E-state index in [1.54, 1.807) is 0 Å². The zero-order chi connectivity index (χ0) is 9.61. The molecule has 0 radical (unpaired) electrons. The summed E-state index contributed by atoms with van der Waals surface area (Å²) in [5.74, 6) is -0.189. The van der Waals surface area contributed by atoms with E-state index in [1.807, 2.05) is 0 Å². The van der Waals surface area contributed by atoms with Crippen molar-refractivity contribution in [3.63, 3.8) is 0 Å². The van der Waals surface area contributed by atoms with Gasteiger partial charge in [-0.25, -0.2) is 13.1 Å². The minimum absolute atomic E-state index is 0.174. The van der Waals surface area contributed by atoms with Crippen molar-refractivity contribution in [2.24, 2.45) is 0 Å². The third-order valence-corrected chi connectivity index (χ3v) is 2.37. The number of sulfonamides is 1. The molecule has 72 valence electrons. The molecular weight excluding hydrogens is 182 g/mol. The van der Waals surface area contributed by atoms with Crippen LogP contribution in [0.5, 0.6) is 0 Å². The van der Waals surface area contributed by atoms with Crippen molar-refractivity contribution in [1.29, 1.82) is 0 Å². The van der Waals surface area contributed by atoms with Gasteiger partial charge in [0.2, 0.25) is 10.0 Å². The topological polar surface area (TPSA) is 86.6 Å². The highest BCUT2D eigenvalue weighted by Gasteiger charge is 2.09. The first-order valence-corrected chi connectivity index (χ1v) is 5.04. The summed E-state index contributed by atoms with van der Waals surface area (Å²) in [6.07, 6.45) is 0.192. The molecule has 6 heteroatoms. The summed E-state index contributed by atoms with van der Waals surface area (Å²) < 4.78 is 23.9. The van der Waals surface area contributed by atoms with Crippen LogP contribution in [0.15, 0.2) is 12.7 Å². The quantitative estimate of drug-likeness (QED) is 0.448. The lowest BCUT2D eigenvalue weighted by Crippen LogP contribution is -2.34. The van der Waals surface area contributed by atoms with Crippen LogP contribution < -0.4 is 4.72 Å². The molecule has 0 aromatic heterocycles. The molecule has 1 atom stereocenters. The van der Waals surface area contributed by atoms with Gasteiger partial charge in [-0.05, 0) is 0 Å². The number of aliphatic hydroxyl groups is 2. The zero-order valence-electron chi connectivity index (χ0n) is 6.60. The molecule has 5 nitrogen and oxygen atoms in total. The molecule has 3 N–H and O–H groups in total.